The number of Topliss-reactive ketones (excluding diaryl/α,β-unsaturated/α-hetero) is 1. The summed E-state index contributed by atoms with van der Waals surface area (Å²) in [5, 5.41) is 0. The molecular weight excluding hydrogens is 172 g/mol. The Hall–Kier alpha value is -0.330. The molecule has 0 aliphatic rings. The lowest BCUT2D eigenvalue weighted by Gasteiger charge is -2.33. The molecule has 84 valence electrons. The van der Waals surface area contributed by atoms with E-state index in [0.29, 0.717) is 11.7 Å². The molecule has 0 aromatic rings. The first-order valence-corrected chi connectivity index (χ1v) is 5.68. The van der Waals surface area contributed by atoms with Gasteiger partial charge in [-0.05, 0) is 18.8 Å². The minimum atomic E-state index is -0.173. The standard InChI is InChI=1S/C13H26O/c1-8-12(4,5)11(14)13(6,7)9-10(2)3/h10H,8-9H2,1-7H3. The Labute approximate surface area is 89.3 Å². The average Bonchev–Trinajstić information content (AvgIpc) is 2.00. The van der Waals surface area contributed by atoms with E-state index >= 15 is 0 Å². The minimum absolute atomic E-state index is 0.168. The van der Waals surface area contributed by atoms with Gasteiger partial charge in [-0.3, -0.25) is 4.79 Å². The van der Waals surface area contributed by atoms with Crippen molar-refractivity contribution < 1.29 is 4.79 Å². The van der Waals surface area contributed by atoms with Gasteiger partial charge in [0.05, 0.1) is 0 Å². The fourth-order valence-electron chi connectivity index (χ4n) is 2.19. The van der Waals surface area contributed by atoms with Crippen molar-refractivity contribution in [2.75, 3.05) is 0 Å². The maximum Gasteiger partial charge on any atom is 0.144 e. The van der Waals surface area contributed by atoms with Crippen LogP contribution in [0.15, 0.2) is 0 Å². The molecule has 0 aliphatic heterocycles. The van der Waals surface area contributed by atoms with Crippen LogP contribution in [0, 0.1) is 16.7 Å². The van der Waals surface area contributed by atoms with Crippen LogP contribution in [-0.2, 0) is 4.79 Å². The molecule has 0 saturated heterocycles. The maximum atomic E-state index is 12.3. The van der Waals surface area contributed by atoms with Crippen LogP contribution < -0.4 is 0 Å². The van der Waals surface area contributed by atoms with Crippen LogP contribution in [0.2, 0.25) is 0 Å². The average molecular weight is 198 g/mol. The molecule has 0 aliphatic carbocycles. The zero-order chi connectivity index (χ0) is 11.6. The van der Waals surface area contributed by atoms with Crippen molar-refractivity contribution in [3.05, 3.63) is 0 Å². The second kappa shape index (κ2) is 4.46. The Morgan fingerprint density at radius 2 is 1.50 bits per heavy atom. The second-order valence-corrected chi connectivity index (χ2v) is 6.05. The largest absolute Gasteiger partial charge is 0.299 e. The summed E-state index contributed by atoms with van der Waals surface area (Å²) in [5.74, 6) is 0.989. The van der Waals surface area contributed by atoms with Crippen LogP contribution >= 0.6 is 0 Å². The van der Waals surface area contributed by atoms with Gasteiger partial charge in [0, 0.05) is 10.8 Å². The van der Waals surface area contributed by atoms with Gasteiger partial charge in [0.25, 0.3) is 0 Å². The SMILES string of the molecule is CCC(C)(C)C(=O)C(C)(C)CC(C)C. The Bertz CT molecular complexity index is 199. The summed E-state index contributed by atoms with van der Waals surface area (Å²) in [6.07, 6.45) is 1.91. The highest BCUT2D eigenvalue weighted by Gasteiger charge is 2.37. The van der Waals surface area contributed by atoms with E-state index in [1.165, 1.54) is 0 Å². The third kappa shape index (κ3) is 3.43. The Morgan fingerprint density at radius 3 is 1.79 bits per heavy atom. The first-order valence-electron chi connectivity index (χ1n) is 5.68. The predicted octanol–water partition coefficient (Wildman–Crippen LogP) is 4.06. The van der Waals surface area contributed by atoms with E-state index < -0.39 is 0 Å². The summed E-state index contributed by atoms with van der Waals surface area (Å²) in [7, 11) is 0. The van der Waals surface area contributed by atoms with Crippen molar-refractivity contribution in [1.82, 2.24) is 0 Å². The molecule has 0 saturated carbocycles. The van der Waals surface area contributed by atoms with Crippen LogP contribution in [-0.4, -0.2) is 5.78 Å². The monoisotopic (exact) mass is 198 g/mol. The Kier molecular flexibility index (Phi) is 4.35. The van der Waals surface area contributed by atoms with Gasteiger partial charge in [-0.2, -0.15) is 0 Å². The zero-order valence-electron chi connectivity index (χ0n) is 10.9. The Morgan fingerprint density at radius 1 is 1.07 bits per heavy atom. The first kappa shape index (κ1) is 13.7. The second-order valence-electron chi connectivity index (χ2n) is 6.05. The van der Waals surface area contributed by atoms with Gasteiger partial charge in [-0.25, -0.2) is 0 Å². The van der Waals surface area contributed by atoms with E-state index in [1.807, 2.05) is 0 Å². The molecular formula is C13H26O. The molecule has 0 fully saturated rings. The number of carbonyl (C=O) groups excluding carboxylic acids is 1. The van der Waals surface area contributed by atoms with Crippen molar-refractivity contribution >= 4 is 5.78 Å². The van der Waals surface area contributed by atoms with Crippen LogP contribution in [0.1, 0.15) is 61.3 Å². The lowest BCUT2D eigenvalue weighted by molar-refractivity contribution is -0.136. The third-order valence-electron chi connectivity index (χ3n) is 3.03. The molecule has 0 unspecified atom stereocenters. The summed E-state index contributed by atoms with van der Waals surface area (Å²) < 4.78 is 0. The summed E-state index contributed by atoms with van der Waals surface area (Å²) in [6.45, 7) is 14.7. The fourth-order valence-corrected chi connectivity index (χ4v) is 2.19. The smallest absolute Gasteiger partial charge is 0.144 e. The normalized spacial score (nSPS) is 13.4. The lowest BCUT2D eigenvalue weighted by Crippen LogP contribution is -2.37. The molecule has 0 bridgehead atoms. The van der Waals surface area contributed by atoms with Crippen molar-refractivity contribution in [3.63, 3.8) is 0 Å². The number of ketones is 1. The molecule has 1 nitrogen and oxygen atoms in total. The highest BCUT2D eigenvalue weighted by atomic mass is 16.1. The Balaban J connectivity index is 4.66. The number of hydrogen-bond donors (Lipinski definition) is 0. The van der Waals surface area contributed by atoms with E-state index in [9.17, 15) is 4.79 Å². The van der Waals surface area contributed by atoms with Gasteiger partial charge < -0.3 is 0 Å². The summed E-state index contributed by atoms with van der Waals surface area (Å²) in [5.41, 5.74) is -0.341. The number of hydrogen-bond acceptors (Lipinski definition) is 1. The van der Waals surface area contributed by atoms with Gasteiger partial charge in [-0.15, -0.1) is 0 Å². The molecule has 0 aromatic heterocycles. The molecule has 0 rings (SSSR count). The van der Waals surface area contributed by atoms with Gasteiger partial charge >= 0.3 is 0 Å². The summed E-state index contributed by atoms with van der Waals surface area (Å²) >= 11 is 0. The molecule has 0 aromatic carbocycles. The first-order chi connectivity index (χ1) is 6.13. The van der Waals surface area contributed by atoms with Crippen molar-refractivity contribution in [3.8, 4) is 0 Å². The van der Waals surface area contributed by atoms with E-state index in [1.54, 1.807) is 0 Å². The molecule has 1 heteroatoms. The van der Waals surface area contributed by atoms with Gasteiger partial charge in [0.15, 0.2) is 0 Å². The molecule has 0 radical (unpaired) electrons. The van der Waals surface area contributed by atoms with Crippen molar-refractivity contribution in [1.29, 1.82) is 0 Å². The molecule has 0 heterocycles. The lowest BCUT2D eigenvalue weighted by atomic mass is 9.69. The molecule has 0 atom stereocenters. The van der Waals surface area contributed by atoms with Crippen LogP contribution in [0.5, 0.6) is 0 Å². The molecule has 0 amide bonds. The topological polar surface area (TPSA) is 17.1 Å². The molecule has 14 heavy (non-hydrogen) atoms. The summed E-state index contributed by atoms with van der Waals surface area (Å²) in [4.78, 5) is 12.3. The van der Waals surface area contributed by atoms with Gasteiger partial charge in [-0.1, -0.05) is 48.5 Å². The van der Waals surface area contributed by atoms with E-state index in [-0.39, 0.29) is 10.8 Å². The molecule has 0 spiro atoms. The van der Waals surface area contributed by atoms with E-state index in [4.69, 9.17) is 0 Å². The minimum Gasteiger partial charge on any atom is -0.299 e. The van der Waals surface area contributed by atoms with Crippen molar-refractivity contribution in [2.24, 2.45) is 16.7 Å². The van der Waals surface area contributed by atoms with Gasteiger partial charge in [0.2, 0.25) is 0 Å². The number of rotatable bonds is 5. The van der Waals surface area contributed by atoms with Crippen molar-refractivity contribution in [2.45, 2.75) is 61.3 Å². The van der Waals surface area contributed by atoms with E-state index in [2.05, 4.69) is 48.5 Å². The fraction of sp³-hybridized carbons (Fsp3) is 0.923. The third-order valence-corrected chi connectivity index (χ3v) is 3.03. The molecule has 0 N–H and O–H groups in total. The van der Waals surface area contributed by atoms with Crippen LogP contribution in [0.4, 0.5) is 0 Å². The number of carbonyl (C=O) groups is 1. The highest BCUT2D eigenvalue weighted by molar-refractivity contribution is 5.89. The van der Waals surface area contributed by atoms with E-state index in [0.717, 1.165) is 12.8 Å². The van der Waals surface area contributed by atoms with Crippen LogP contribution in [0.25, 0.3) is 0 Å². The maximum absolute atomic E-state index is 12.3. The van der Waals surface area contributed by atoms with Crippen LogP contribution in [0.3, 0.4) is 0 Å². The highest BCUT2D eigenvalue weighted by Crippen LogP contribution is 2.36. The van der Waals surface area contributed by atoms with Gasteiger partial charge in [0.1, 0.15) is 5.78 Å². The predicted molar refractivity (Wildman–Crippen MR) is 62.3 cm³/mol. The summed E-state index contributed by atoms with van der Waals surface area (Å²) in [6, 6.07) is 0. The quantitative estimate of drug-likeness (QED) is 0.651. The zero-order valence-corrected chi connectivity index (χ0v) is 10.9.